The minimum Gasteiger partial charge on any atom is -0.381 e. The van der Waals surface area contributed by atoms with Crippen molar-refractivity contribution in [3.05, 3.63) is 71.5 Å². The maximum absolute atomic E-state index is 12.1. The summed E-state index contributed by atoms with van der Waals surface area (Å²) in [4.78, 5) is 13.8. The summed E-state index contributed by atoms with van der Waals surface area (Å²) in [5.74, 6) is 0.0932. The second-order valence-electron chi connectivity index (χ2n) is 6.07. The first kappa shape index (κ1) is 14.5. The third-order valence-electron chi connectivity index (χ3n) is 4.35. The number of nitrogens with zero attached hydrogens (tertiary/aromatic N) is 2. The molecular formula is C19H18N4O. The fourth-order valence-corrected chi connectivity index (χ4v) is 3.03. The Morgan fingerprint density at radius 1 is 1.21 bits per heavy atom. The summed E-state index contributed by atoms with van der Waals surface area (Å²) in [6, 6.07) is 14.3. The zero-order valence-electron chi connectivity index (χ0n) is 13.4. The number of hydrogen-bond donors (Lipinski definition) is 2. The number of carbonyl (C=O) groups excluding carboxylic acids is 1. The SMILES string of the molecule is CN1Cc2ccc(NCc3cccc(-c4cn[nH]c4)c3)cc2C1=O. The molecule has 1 amide bonds. The Balaban J connectivity index is 1.50. The Morgan fingerprint density at radius 2 is 2.12 bits per heavy atom. The molecule has 3 aromatic rings. The predicted molar refractivity (Wildman–Crippen MR) is 93.6 cm³/mol. The van der Waals surface area contributed by atoms with Gasteiger partial charge in [0.2, 0.25) is 0 Å². The van der Waals surface area contributed by atoms with E-state index in [0.29, 0.717) is 13.1 Å². The fourth-order valence-electron chi connectivity index (χ4n) is 3.03. The second kappa shape index (κ2) is 5.85. The summed E-state index contributed by atoms with van der Waals surface area (Å²) < 4.78 is 0. The van der Waals surface area contributed by atoms with E-state index in [1.54, 1.807) is 4.90 Å². The molecule has 0 radical (unpaired) electrons. The number of amides is 1. The molecule has 1 aliphatic heterocycles. The lowest BCUT2D eigenvalue weighted by atomic mass is 10.1. The van der Waals surface area contributed by atoms with Crippen molar-refractivity contribution < 1.29 is 4.79 Å². The summed E-state index contributed by atoms with van der Waals surface area (Å²) in [5.41, 5.74) is 6.24. The van der Waals surface area contributed by atoms with Crippen LogP contribution in [0.3, 0.4) is 0 Å². The van der Waals surface area contributed by atoms with Crippen molar-refractivity contribution in [3.8, 4) is 11.1 Å². The highest BCUT2D eigenvalue weighted by atomic mass is 16.2. The van der Waals surface area contributed by atoms with Gasteiger partial charge in [0, 0.05) is 43.1 Å². The number of nitrogens with one attached hydrogen (secondary N) is 2. The molecule has 1 aliphatic rings. The van der Waals surface area contributed by atoms with Crippen LogP contribution < -0.4 is 5.32 Å². The molecule has 2 heterocycles. The van der Waals surface area contributed by atoms with Crippen LogP contribution in [0.4, 0.5) is 5.69 Å². The van der Waals surface area contributed by atoms with Gasteiger partial charge in [-0.05, 0) is 34.9 Å². The van der Waals surface area contributed by atoms with Gasteiger partial charge in [-0.1, -0.05) is 24.3 Å². The summed E-state index contributed by atoms with van der Waals surface area (Å²) in [6.07, 6.45) is 3.70. The average Bonchev–Trinajstić information content (AvgIpc) is 3.23. The Kier molecular flexibility index (Phi) is 3.54. The molecule has 2 N–H and O–H groups in total. The number of anilines is 1. The summed E-state index contributed by atoms with van der Waals surface area (Å²) in [6.45, 7) is 1.40. The van der Waals surface area contributed by atoms with Crippen molar-refractivity contribution in [2.75, 3.05) is 12.4 Å². The molecule has 0 bridgehead atoms. The third kappa shape index (κ3) is 2.65. The van der Waals surface area contributed by atoms with Crippen molar-refractivity contribution in [1.29, 1.82) is 0 Å². The largest absolute Gasteiger partial charge is 0.381 e. The van der Waals surface area contributed by atoms with Crippen LogP contribution in [0, 0.1) is 0 Å². The molecule has 5 nitrogen and oxygen atoms in total. The van der Waals surface area contributed by atoms with Gasteiger partial charge in [-0.2, -0.15) is 5.10 Å². The maximum atomic E-state index is 12.1. The van der Waals surface area contributed by atoms with E-state index in [9.17, 15) is 4.79 Å². The van der Waals surface area contributed by atoms with Gasteiger partial charge >= 0.3 is 0 Å². The topological polar surface area (TPSA) is 61.0 Å². The highest BCUT2D eigenvalue weighted by molar-refractivity contribution is 5.99. The number of aromatic nitrogens is 2. The fraction of sp³-hybridized carbons (Fsp3) is 0.158. The van der Waals surface area contributed by atoms with E-state index in [4.69, 9.17) is 0 Å². The highest BCUT2D eigenvalue weighted by Gasteiger charge is 2.24. The molecule has 0 spiro atoms. The summed E-state index contributed by atoms with van der Waals surface area (Å²) in [5, 5.41) is 10.2. The Hall–Kier alpha value is -3.08. The molecule has 0 fully saturated rings. The number of carbonyl (C=O) groups is 1. The van der Waals surface area contributed by atoms with Crippen molar-refractivity contribution >= 4 is 11.6 Å². The molecule has 4 rings (SSSR count). The minimum absolute atomic E-state index is 0.0932. The van der Waals surface area contributed by atoms with Crippen LogP contribution in [-0.4, -0.2) is 28.1 Å². The molecule has 5 heteroatoms. The average molecular weight is 318 g/mol. The molecule has 1 aromatic heterocycles. The molecule has 0 atom stereocenters. The number of hydrogen-bond acceptors (Lipinski definition) is 3. The van der Waals surface area contributed by atoms with E-state index in [1.165, 1.54) is 5.56 Å². The second-order valence-corrected chi connectivity index (χ2v) is 6.07. The Bertz CT molecular complexity index is 886. The van der Waals surface area contributed by atoms with Gasteiger partial charge in [0.05, 0.1) is 6.20 Å². The zero-order valence-corrected chi connectivity index (χ0v) is 13.4. The normalized spacial score (nSPS) is 13.2. The van der Waals surface area contributed by atoms with Crippen molar-refractivity contribution in [1.82, 2.24) is 15.1 Å². The molecular weight excluding hydrogens is 300 g/mol. The van der Waals surface area contributed by atoms with Gasteiger partial charge in [0.25, 0.3) is 5.91 Å². The van der Waals surface area contributed by atoms with E-state index in [1.807, 2.05) is 43.7 Å². The lowest BCUT2D eigenvalue weighted by Crippen LogP contribution is -2.17. The van der Waals surface area contributed by atoms with E-state index in [-0.39, 0.29) is 5.91 Å². The van der Waals surface area contributed by atoms with Gasteiger partial charge in [0.15, 0.2) is 0 Å². The molecule has 120 valence electrons. The van der Waals surface area contributed by atoms with Crippen molar-refractivity contribution in [3.63, 3.8) is 0 Å². The van der Waals surface area contributed by atoms with Gasteiger partial charge in [-0.3, -0.25) is 9.89 Å². The van der Waals surface area contributed by atoms with Gasteiger partial charge in [0.1, 0.15) is 0 Å². The molecule has 0 unspecified atom stereocenters. The number of fused-ring (bicyclic) bond motifs is 1. The molecule has 0 saturated heterocycles. The maximum Gasteiger partial charge on any atom is 0.254 e. The third-order valence-corrected chi connectivity index (χ3v) is 4.35. The summed E-state index contributed by atoms with van der Waals surface area (Å²) in [7, 11) is 1.83. The number of benzene rings is 2. The minimum atomic E-state index is 0.0932. The van der Waals surface area contributed by atoms with Crippen LogP contribution in [0.5, 0.6) is 0 Å². The molecule has 24 heavy (non-hydrogen) atoms. The highest BCUT2D eigenvalue weighted by Crippen LogP contribution is 2.25. The van der Waals surface area contributed by atoms with E-state index >= 15 is 0 Å². The number of rotatable bonds is 4. The standard InChI is InChI=1S/C19H18N4O/c1-23-12-15-5-6-17(8-18(15)19(23)24)20-9-13-3-2-4-14(7-13)16-10-21-22-11-16/h2-8,10-11,20H,9,12H2,1H3,(H,21,22). The molecule has 2 aromatic carbocycles. The Labute approximate surface area is 140 Å². The van der Waals surface area contributed by atoms with E-state index in [0.717, 1.165) is 27.9 Å². The first-order chi connectivity index (χ1) is 11.7. The first-order valence-electron chi connectivity index (χ1n) is 7.91. The van der Waals surface area contributed by atoms with Gasteiger partial charge < -0.3 is 10.2 Å². The summed E-state index contributed by atoms with van der Waals surface area (Å²) >= 11 is 0. The van der Waals surface area contributed by atoms with Crippen molar-refractivity contribution in [2.45, 2.75) is 13.1 Å². The van der Waals surface area contributed by atoms with Crippen LogP contribution in [0.15, 0.2) is 54.9 Å². The van der Waals surface area contributed by atoms with Gasteiger partial charge in [-0.25, -0.2) is 0 Å². The van der Waals surface area contributed by atoms with Crippen LogP contribution in [0.25, 0.3) is 11.1 Å². The smallest absolute Gasteiger partial charge is 0.254 e. The van der Waals surface area contributed by atoms with E-state index in [2.05, 4.69) is 33.7 Å². The lowest BCUT2D eigenvalue weighted by molar-refractivity contribution is 0.0816. The first-order valence-corrected chi connectivity index (χ1v) is 7.91. The van der Waals surface area contributed by atoms with Crippen LogP contribution in [0.2, 0.25) is 0 Å². The zero-order chi connectivity index (χ0) is 16.5. The Morgan fingerprint density at radius 3 is 2.96 bits per heavy atom. The molecule has 0 saturated carbocycles. The number of H-pyrrole nitrogens is 1. The van der Waals surface area contributed by atoms with Gasteiger partial charge in [-0.15, -0.1) is 0 Å². The van der Waals surface area contributed by atoms with Crippen LogP contribution >= 0.6 is 0 Å². The van der Waals surface area contributed by atoms with Crippen LogP contribution in [0.1, 0.15) is 21.5 Å². The van der Waals surface area contributed by atoms with Crippen LogP contribution in [-0.2, 0) is 13.1 Å². The lowest BCUT2D eigenvalue weighted by Gasteiger charge is -2.09. The van der Waals surface area contributed by atoms with Crippen molar-refractivity contribution in [2.24, 2.45) is 0 Å². The van der Waals surface area contributed by atoms with E-state index < -0.39 is 0 Å². The predicted octanol–water partition coefficient (Wildman–Crippen LogP) is 3.27. The quantitative estimate of drug-likeness (QED) is 0.776. The molecule has 0 aliphatic carbocycles. The monoisotopic (exact) mass is 318 g/mol. The number of aromatic amines is 1.